The quantitative estimate of drug-likeness (QED) is 0.797. The molecule has 0 amide bonds. The summed E-state index contributed by atoms with van der Waals surface area (Å²) in [6.45, 7) is 2.40. The Morgan fingerprint density at radius 1 is 1.00 bits per heavy atom. The molecule has 0 saturated carbocycles. The van der Waals surface area contributed by atoms with E-state index < -0.39 is 6.10 Å². The number of rotatable bonds is 5. The van der Waals surface area contributed by atoms with Crippen molar-refractivity contribution in [1.29, 1.82) is 0 Å². The van der Waals surface area contributed by atoms with Gasteiger partial charge in [0.25, 0.3) is 0 Å². The number of aliphatic hydroxyl groups excluding tert-OH is 1. The van der Waals surface area contributed by atoms with E-state index in [0.29, 0.717) is 27.2 Å². The van der Waals surface area contributed by atoms with Crippen molar-refractivity contribution in [2.45, 2.75) is 19.1 Å². The molecule has 2 rings (SSSR count). The first-order valence-electron chi connectivity index (χ1n) is 6.59. The zero-order valence-corrected chi connectivity index (χ0v) is 13.8. The van der Waals surface area contributed by atoms with E-state index in [4.69, 9.17) is 34.8 Å². The van der Waals surface area contributed by atoms with Gasteiger partial charge >= 0.3 is 0 Å². The zero-order valence-electron chi connectivity index (χ0n) is 11.5. The Hall–Kier alpha value is -0.770. The smallest absolute Gasteiger partial charge is 0.0929 e. The van der Waals surface area contributed by atoms with Gasteiger partial charge < -0.3 is 10.4 Å². The number of hydrogen-bond donors (Lipinski definition) is 2. The Kier molecular flexibility index (Phi) is 5.91. The second-order valence-corrected chi connectivity index (χ2v) is 6.14. The topological polar surface area (TPSA) is 32.3 Å². The van der Waals surface area contributed by atoms with Gasteiger partial charge in [-0.2, -0.15) is 0 Å². The van der Waals surface area contributed by atoms with Crippen molar-refractivity contribution in [2.75, 3.05) is 6.54 Å². The molecular formula is C16H16Cl3NO. The lowest BCUT2D eigenvalue weighted by Crippen LogP contribution is -2.24. The van der Waals surface area contributed by atoms with Crippen molar-refractivity contribution in [3.05, 3.63) is 68.7 Å². The average molecular weight is 345 g/mol. The van der Waals surface area contributed by atoms with Crippen LogP contribution in [-0.4, -0.2) is 11.7 Å². The van der Waals surface area contributed by atoms with Gasteiger partial charge in [0.2, 0.25) is 0 Å². The Bertz CT molecular complexity index is 601. The van der Waals surface area contributed by atoms with Crippen molar-refractivity contribution in [3.8, 4) is 0 Å². The summed E-state index contributed by atoms with van der Waals surface area (Å²) in [6.07, 6.45) is -0.717. The number of halogens is 3. The molecule has 1 unspecified atom stereocenters. The van der Waals surface area contributed by atoms with Gasteiger partial charge in [-0.3, -0.25) is 0 Å². The molecule has 0 fully saturated rings. The first-order chi connectivity index (χ1) is 9.97. The van der Waals surface area contributed by atoms with Gasteiger partial charge in [-0.1, -0.05) is 46.9 Å². The Morgan fingerprint density at radius 2 is 1.62 bits per heavy atom. The van der Waals surface area contributed by atoms with Gasteiger partial charge in [0.15, 0.2) is 0 Å². The highest BCUT2D eigenvalue weighted by Gasteiger charge is 2.14. The Balaban J connectivity index is 1.98. The molecule has 0 aliphatic heterocycles. The van der Waals surface area contributed by atoms with Crippen LogP contribution in [0.4, 0.5) is 0 Å². The van der Waals surface area contributed by atoms with Crippen molar-refractivity contribution in [1.82, 2.24) is 5.32 Å². The minimum atomic E-state index is -0.717. The molecule has 21 heavy (non-hydrogen) atoms. The van der Waals surface area contributed by atoms with E-state index >= 15 is 0 Å². The molecule has 112 valence electrons. The van der Waals surface area contributed by atoms with Gasteiger partial charge in [-0.15, -0.1) is 0 Å². The van der Waals surface area contributed by atoms with E-state index in [2.05, 4.69) is 5.32 Å². The summed E-state index contributed by atoms with van der Waals surface area (Å²) >= 11 is 17.9. The van der Waals surface area contributed by atoms with Crippen LogP contribution in [0.5, 0.6) is 0 Å². The second kappa shape index (κ2) is 7.48. The maximum Gasteiger partial charge on any atom is 0.0929 e. The molecule has 0 aromatic heterocycles. The van der Waals surface area contributed by atoms with Gasteiger partial charge in [0.05, 0.1) is 6.10 Å². The van der Waals surface area contributed by atoms with Crippen molar-refractivity contribution in [2.24, 2.45) is 0 Å². The van der Waals surface area contributed by atoms with E-state index in [1.54, 1.807) is 18.2 Å². The third-order valence-electron chi connectivity index (χ3n) is 3.30. The maximum absolute atomic E-state index is 10.2. The van der Waals surface area contributed by atoms with Crippen LogP contribution in [0.2, 0.25) is 15.1 Å². The van der Waals surface area contributed by atoms with E-state index in [1.807, 2.05) is 31.2 Å². The summed E-state index contributed by atoms with van der Waals surface area (Å²) in [7, 11) is 0. The molecule has 2 aromatic rings. The molecule has 2 aromatic carbocycles. The second-order valence-electron chi connectivity index (χ2n) is 4.86. The van der Waals surface area contributed by atoms with Crippen molar-refractivity contribution >= 4 is 34.8 Å². The summed E-state index contributed by atoms with van der Waals surface area (Å²) < 4.78 is 0. The summed E-state index contributed by atoms with van der Waals surface area (Å²) in [6, 6.07) is 12.8. The summed E-state index contributed by atoms with van der Waals surface area (Å²) in [5.74, 6) is 0. The van der Waals surface area contributed by atoms with Crippen LogP contribution in [0.1, 0.15) is 30.2 Å². The highest BCUT2D eigenvalue weighted by molar-refractivity contribution is 6.33. The van der Waals surface area contributed by atoms with Crippen molar-refractivity contribution < 1.29 is 5.11 Å². The highest BCUT2D eigenvalue weighted by Crippen LogP contribution is 2.26. The minimum absolute atomic E-state index is 0.0925. The van der Waals surface area contributed by atoms with Crippen LogP contribution >= 0.6 is 34.8 Å². The van der Waals surface area contributed by atoms with Gasteiger partial charge in [0, 0.05) is 33.2 Å². The molecule has 0 saturated heterocycles. The van der Waals surface area contributed by atoms with Crippen LogP contribution in [0, 0.1) is 0 Å². The summed E-state index contributed by atoms with van der Waals surface area (Å²) in [5, 5.41) is 15.3. The third kappa shape index (κ3) is 4.60. The van der Waals surface area contributed by atoms with E-state index in [1.165, 1.54) is 0 Å². The summed E-state index contributed by atoms with van der Waals surface area (Å²) in [4.78, 5) is 0. The van der Waals surface area contributed by atoms with Crippen LogP contribution < -0.4 is 5.32 Å². The SMILES string of the molecule is C[C@H](NCC(O)c1cc(Cl)ccc1Cl)c1ccc(Cl)cc1. The molecule has 0 spiro atoms. The normalized spacial score (nSPS) is 14.0. The molecule has 5 heteroatoms. The maximum atomic E-state index is 10.2. The van der Waals surface area contributed by atoms with Gasteiger partial charge in [0.1, 0.15) is 0 Å². The molecule has 2 nitrogen and oxygen atoms in total. The summed E-state index contributed by atoms with van der Waals surface area (Å²) in [5.41, 5.74) is 1.73. The predicted octanol–water partition coefficient (Wildman–Crippen LogP) is 5.03. The lowest BCUT2D eigenvalue weighted by Gasteiger charge is -2.18. The molecular weight excluding hydrogens is 329 g/mol. The van der Waals surface area contributed by atoms with Crippen molar-refractivity contribution in [3.63, 3.8) is 0 Å². The molecule has 0 heterocycles. The fourth-order valence-electron chi connectivity index (χ4n) is 2.04. The number of aliphatic hydroxyl groups is 1. The third-order valence-corrected chi connectivity index (χ3v) is 4.14. The molecule has 2 atom stereocenters. The molecule has 0 aliphatic rings. The molecule has 0 aliphatic carbocycles. The fourth-order valence-corrected chi connectivity index (χ4v) is 2.59. The largest absolute Gasteiger partial charge is 0.387 e. The van der Waals surface area contributed by atoms with Gasteiger partial charge in [-0.25, -0.2) is 0 Å². The minimum Gasteiger partial charge on any atom is -0.387 e. The van der Waals surface area contributed by atoms with E-state index in [0.717, 1.165) is 5.56 Å². The highest BCUT2D eigenvalue weighted by atomic mass is 35.5. The van der Waals surface area contributed by atoms with Crippen LogP contribution in [-0.2, 0) is 0 Å². The lowest BCUT2D eigenvalue weighted by atomic mass is 10.1. The fraction of sp³-hybridized carbons (Fsp3) is 0.250. The Labute approximate surface area is 139 Å². The predicted molar refractivity (Wildman–Crippen MR) is 89.3 cm³/mol. The standard InChI is InChI=1S/C16H16Cl3NO/c1-10(11-2-4-12(17)5-3-11)20-9-16(21)14-8-13(18)6-7-15(14)19/h2-8,10,16,20-21H,9H2,1H3/t10-,16?/m0/s1. The zero-order chi connectivity index (χ0) is 15.4. The van der Waals surface area contributed by atoms with Crippen LogP contribution in [0.25, 0.3) is 0 Å². The first kappa shape index (κ1) is 16.6. The lowest BCUT2D eigenvalue weighted by molar-refractivity contribution is 0.171. The van der Waals surface area contributed by atoms with E-state index in [9.17, 15) is 5.11 Å². The number of hydrogen-bond acceptors (Lipinski definition) is 2. The first-order valence-corrected chi connectivity index (χ1v) is 7.72. The molecule has 0 radical (unpaired) electrons. The molecule has 0 bridgehead atoms. The average Bonchev–Trinajstić information content (AvgIpc) is 2.47. The molecule has 2 N–H and O–H groups in total. The Morgan fingerprint density at radius 3 is 2.29 bits per heavy atom. The number of nitrogens with one attached hydrogen (secondary N) is 1. The van der Waals surface area contributed by atoms with Crippen LogP contribution in [0.15, 0.2) is 42.5 Å². The number of benzene rings is 2. The van der Waals surface area contributed by atoms with Crippen LogP contribution in [0.3, 0.4) is 0 Å². The monoisotopic (exact) mass is 343 g/mol. The van der Waals surface area contributed by atoms with Gasteiger partial charge in [-0.05, 0) is 42.8 Å². The van der Waals surface area contributed by atoms with E-state index in [-0.39, 0.29) is 6.04 Å².